The van der Waals surface area contributed by atoms with Crippen LogP contribution in [0.2, 0.25) is 0 Å². The summed E-state index contributed by atoms with van der Waals surface area (Å²) in [5, 5.41) is 7.09. The van der Waals surface area contributed by atoms with Gasteiger partial charge in [-0.2, -0.15) is 0 Å². The van der Waals surface area contributed by atoms with Crippen LogP contribution in [0.5, 0.6) is 0 Å². The fourth-order valence-corrected chi connectivity index (χ4v) is 3.04. The monoisotopic (exact) mass is 252 g/mol. The molecule has 0 bridgehead atoms. The smallest absolute Gasteiger partial charge is 0.287 e. The zero-order chi connectivity index (χ0) is 11.9. The highest BCUT2D eigenvalue weighted by Crippen LogP contribution is 2.44. The van der Waals surface area contributed by atoms with Crippen molar-refractivity contribution in [3.05, 3.63) is 17.9 Å². The average Bonchev–Trinajstić information content (AvgIpc) is 2.68. The molecule has 1 amide bonds. The summed E-state index contributed by atoms with van der Waals surface area (Å²) in [6.07, 6.45) is 4.13. The maximum atomic E-state index is 11.9. The maximum absolute atomic E-state index is 11.9. The standard InChI is InChI=1S/C12H16N2O2S/c1-17-10-3-2-9(16-10)11(15)14-8-4-12(5-8)6-13-7-12/h2-3,8,13H,4-7H2,1H3,(H,14,15). The molecule has 1 aromatic heterocycles. The lowest BCUT2D eigenvalue weighted by molar-refractivity contribution is 0.0225. The lowest BCUT2D eigenvalue weighted by atomic mass is 9.61. The summed E-state index contributed by atoms with van der Waals surface area (Å²) >= 11 is 1.50. The lowest BCUT2D eigenvalue weighted by Crippen LogP contribution is -2.65. The molecule has 1 saturated heterocycles. The Morgan fingerprint density at radius 1 is 1.53 bits per heavy atom. The zero-order valence-electron chi connectivity index (χ0n) is 9.79. The van der Waals surface area contributed by atoms with Crippen molar-refractivity contribution in [1.82, 2.24) is 10.6 Å². The van der Waals surface area contributed by atoms with Crippen molar-refractivity contribution in [3.8, 4) is 0 Å². The molecule has 92 valence electrons. The molecule has 1 aromatic rings. The maximum Gasteiger partial charge on any atom is 0.287 e. The average molecular weight is 252 g/mol. The van der Waals surface area contributed by atoms with E-state index in [-0.39, 0.29) is 5.91 Å². The first-order valence-electron chi connectivity index (χ1n) is 5.86. The zero-order valence-corrected chi connectivity index (χ0v) is 10.6. The first-order chi connectivity index (χ1) is 8.21. The number of hydrogen-bond donors (Lipinski definition) is 2. The van der Waals surface area contributed by atoms with Gasteiger partial charge in [0.25, 0.3) is 5.91 Å². The summed E-state index contributed by atoms with van der Waals surface area (Å²) in [6.45, 7) is 2.22. The van der Waals surface area contributed by atoms with Crippen LogP contribution in [0.15, 0.2) is 21.6 Å². The Morgan fingerprint density at radius 2 is 2.29 bits per heavy atom. The van der Waals surface area contributed by atoms with E-state index in [0.29, 0.717) is 17.2 Å². The van der Waals surface area contributed by atoms with Gasteiger partial charge in [-0.25, -0.2) is 0 Å². The van der Waals surface area contributed by atoms with E-state index >= 15 is 0 Å². The first-order valence-corrected chi connectivity index (χ1v) is 7.09. The van der Waals surface area contributed by atoms with Crippen molar-refractivity contribution < 1.29 is 9.21 Å². The fourth-order valence-electron chi connectivity index (χ4n) is 2.66. The lowest BCUT2D eigenvalue weighted by Gasteiger charge is -2.54. The van der Waals surface area contributed by atoms with Gasteiger partial charge in [-0.15, -0.1) is 0 Å². The van der Waals surface area contributed by atoms with Crippen LogP contribution in [0, 0.1) is 5.41 Å². The Morgan fingerprint density at radius 3 is 2.82 bits per heavy atom. The molecule has 0 unspecified atom stereocenters. The van der Waals surface area contributed by atoms with Gasteiger partial charge in [0.2, 0.25) is 0 Å². The number of nitrogens with one attached hydrogen (secondary N) is 2. The molecular weight excluding hydrogens is 236 g/mol. The summed E-state index contributed by atoms with van der Waals surface area (Å²) in [6, 6.07) is 3.89. The number of carbonyl (C=O) groups excluding carboxylic acids is 1. The molecule has 2 heterocycles. The van der Waals surface area contributed by atoms with Crippen LogP contribution in [-0.2, 0) is 0 Å². The molecule has 3 rings (SSSR count). The summed E-state index contributed by atoms with van der Waals surface area (Å²) in [7, 11) is 0. The van der Waals surface area contributed by atoms with Crippen molar-refractivity contribution >= 4 is 17.7 Å². The van der Waals surface area contributed by atoms with Crippen LogP contribution >= 0.6 is 11.8 Å². The number of carbonyl (C=O) groups is 1. The Labute approximate surface area is 105 Å². The first kappa shape index (κ1) is 11.2. The second-order valence-electron chi connectivity index (χ2n) is 5.00. The number of amides is 1. The Balaban J connectivity index is 1.53. The van der Waals surface area contributed by atoms with Crippen molar-refractivity contribution in [2.75, 3.05) is 19.3 Å². The van der Waals surface area contributed by atoms with Crippen LogP contribution in [0.1, 0.15) is 23.4 Å². The molecule has 2 fully saturated rings. The van der Waals surface area contributed by atoms with Crippen molar-refractivity contribution in [3.63, 3.8) is 0 Å². The van der Waals surface area contributed by atoms with E-state index in [1.165, 1.54) is 11.8 Å². The van der Waals surface area contributed by atoms with E-state index in [0.717, 1.165) is 31.0 Å². The Bertz CT molecular complexity index is 431. The predicted molar refractivity (Wildman–Crippen MR) is 66.3 cm³/mol. The molecule has 1 aliphatic heterocycles. The van der Waals surface area contributed by atoms with Crippen LogP contribution < -0.4 is 10.6 Å². The third-order valence-corrected chi connectivity index (χ3v) is 4.32. The SMILES string of the molecule is CSc1ccc(C(=O)NC2CC3(CNC3)C2)o1. The molecule has 0 radical (unpaired) electrons. The van der Waals surface area contributed by atoms with Gasteiger partial charge in [-0.05, 0) is 36.6 Å². The van der Waals surface area contributed by atoms with Gasteiger partial charge in [0.1, 0.15) is 0 Å². The van der Waals surface area contributed by atoms with Gasteiger partial charge < -0.3 is 15.1 Å². The highest BCUT2D eigenvalue weighted by atomic mass is 32.2. The number of furan rings is 1. The third-order valence-electron chi connectivity index (χ3n) is 3.70. The Kier molecular flexibility index (Phi) is 2.67. The molecule has 5 heteroatoms. The van der Waals surface area contributed by atoms with E-state index in [2.05, 4.69) is 10.6 Å². The summed E-state index contributed by atoms with van der Waals surface area (Å²) < 4.78 is 5.39. The molecule has 0 atom stereocenters. The second-order valence-corrected chi connectivity index (χ2v) is 5.82. The third kappa shape index (κ3) is 1.98. The molecule has 1 spiro atoms. The van der Waals surface area contributed by atoms with Crippen LogP contribution in [-0.4, -0.2) is 31.3 Å². The van der Waals surface area contributed by atoms with Gasteiger partial charge in [0.15, 0.2) is 10.9 Å². The van der Waals surface area contributed by atoms with Crippen molar-refractivity contribution in [2.24, 2.45) is 5.41 Å². The van der Waals surface area contributed by atoms with E-state index < -0.39 is 0 Å². The highest BCUT2D eigenvalue weighted by Gasteiger charge is 2.48. The van der Waals surface area contributed by atoms with Gasteiger partial charge in [-0.3, -0.25) is 4.79 Å². The van der Waals surface area contributed by atoms with Gasteiger partial charge in [0.05, 0.1) is 0 Å². The quantitative estimate of drug-likeness (QED) is 0.800. The second kappa shape index (κ2) is 4.07. The largest absolute Gasteiger partial charge is 0.445 e. The topological polar surface area (TPSA) is 54.3 Å². The van der Waals surface area contributed by atoms with E-state index in [9.17, 15) is 4.79 Å². The minimum atomic E-state index is -0.0857. The number of thioether (sulfide) groups is 1. The van der Waals surface area contributed by atoms with E-state index in [1.807, 2.05) is 12.3 Å². The number of hydrogen-bond acceptors (Lipinski definition) is 4. The molecular formula is C12H16N2O2S. The van der Waals surface area contributed by atoms with Crippen LogP contribution in [0.3, 0.4) is 0 Å². The molecule has 2 N–H and O–H groups in total. The van der Waals surface area contributed by atoms with Crippen molar-refractivity contribution in [1.29, 1.82) is 0 Å². The van der Waals surface area contributed by atoms with E-state index in [4.69, 9.17) is 4.42 Å². The highest BCUT2D eigenvalue weighted by molar-refractivity contribution is 7.98. The Hall–Kier alpha value is -0.940. The van der Waals surface area contributed by atoms with Gasteiger partial charge in [-0.1, -0.05) is 11.8 Å². The van der Waals surface area contributed by atoms with E-state index in [1.54, 1.807) is 6.07 Å². The summed E-state index contributed by atoms with van der Waals surface area (Å²) in [4.78, 5) is 11.9. The summed E-state index contributed by atoms with van der Waals surface area (Å²) in [5.74, 6) is 0.333. The van der Waals surface area contributed by atoms with Gasteiger partial charge in [0, 0.05) is 19.1 Å². The molecule has 1 aliphatic carbocycles. The number of rotatable bonds is 3. The van der Waals surface area contributed by atoms with Crippen LogP contribution in [0.4, 0.5) is 0 Å². The molecule has 4 nitrogen and oxygen atoms in total. The molecule has 0 aromatic carbocycles. The minimum absolute atomic E-state index is 0.0857. The summed E-state index contributed by atoms with van der Waals surface area (Å²) in [5.41, 5.74) is 0.492. The molecule has 1 saturated carbocycles. The fraction of sp³-hybridized carbons (Fsp3) is 0.583. The molecule has 2 aliphatic rings. The minimum Gasteiger partial charge on any atom is -0.445 e. The molecule has 17 heavy (non-hydrogen) atoms. The van der Waals surface area contributed by atoms with Gasteiger partial charge >= 0.3 is 0 Å². The normalized spacial score (nSPS) is 21.9. The van der Waals surface area contributed by atoms with Crippen LogP contribution in [0.25, 0.3) is 0 Å². The van der Waals surface area contributed by atoms with Crippen molar-refractivity contribution in [2.45, 2.75) is 24.0 Å². The predicted octanol–water partition coefficient (Wildman–Crippen LogP) is 1.48.